The van der Waals surface area contributed by atoms with Crippen LogP contribution in [0.1, 0.15) is 55.3 Å². The van der Waals surface area contributed by atoms with Crippen molar-refractivity contribution in [1.82, 2.24) is 19.8 Å². The number of benzene rings is 1. The first kappa shape index (κ1) is 25.1. The first-order valence-electron chi connectivity index (χ1n) is 12.4. The Bertz CT molecular complexity index is 933. The van der Waals surface area contributed by atoms with Crippen molar-refractivity contribution in [1.29, 1.82) is 0 Å². The monoisotopic (exact) mass is 492 g/mol. The maximum Gasteiger partial charge on any atom is 0.253 e. The van der Waals surface area contributed by atoms with Crippen LogP contribution in [0.15, 0.2) is 29.2 Å². The highest BCUT2D eigenvalue weighted by Gasteiger charge is 2.25. The Morgan fingerprint density at radius 1 is 0.941 bits per heavy atom. The van der Waals surface area contributed by atoms with Crippen LogP contribution < -0.4 is 10.0 Å². The molecule has 1 aliphatic carbocycles. The molecule has 1 unspecified atom stereocenters. The van der Waals surface area contributed by atoms with E-state index in [-0.39, 0.29) is 29.4 Å². The molecule has 2 amide bonds. The SMILES string of the molecule is O=C(CN1CCN(C(=O)c2ccc(S(=O)(=O)NCC3CCCO3)cc2)CC1)NC1CCCCC1. The molecule has 2 heterocycles. The van der Waals surface area contributed by atoms with Crippen LogP contribution in [0, 0.1) is 0 Å². The lowest BCUT2D eigenvalue weighted by Gasteiger charge is -2.34. The molecule has 2 saturated heterocycles. The zero-order valence-electron chi connectivity index (χ0n) is 19.7. The number of hydrogen-bond acceptors (Lipinski definition) is 6. The van der Waals surface area contributed by atoms with Gasteiger partial charge >= 0.3 is 0 Å². The summed E-state index contributed by atoms with van der Waals surface area (Å²) in [4.78, 5) is 29.2. The van der Waals surface area contributed by atoms with Crippen LogP contribution in [-0.4, -0.2) is 88.1 Å². The van der Waals surface area contributed by atoms with Gasteiger partial charge in [0.25, 0.3) is 5.91 Å². The minimum absolute atomic E-state index is 0.0663. The highest BCUT2D eigenvalue weighted by Crippen LogP contribution is 2.18. The summed E-state index contributed by atoms with van der Waals surface area (Å²) in [6.45, 7) is 3.66. The second-order valence-corrected chi connectivity index (χ2v) is 11.2. The van der Waals surface area contributed by atoms with E-state index < -0.39 is 10.0 Å². The van der Waals surface area contributed by atoms with Crippen LogP contribution in [0.25, 0.3) is 0 Å². The van der Waals surface area contributed by atoms with Crippen molar-refractivity contribution in [2.75, 3.05) is 45.9 Å². The van der Waals surface area contributed by atoms with Crippen LogP contribution in [0.2, 0.25) is 0 Å². The third kappa shape index (κ3) is 6.78. The molecule has 0 radical (unpaired) electrons. The molecule has 1 aromatic rings. The summed E-state index contributed by atoms with van der Waals surface area (Å²) in [7, 11) is -3.64. The number of carbonyl (C=O) groups excluding carboxylic acids is 2. The predicted molar refractivity (Wildman–Crippen MR) is 128 cm³/mol. The van der Waals surface area contributed by atoms with Crippen molar-refractivity contribution in [3.05, 3.63) is 29.8 Å². The minimum Gasteiger partial charge on any atom is -0.377 e. The summed E-state index contributed by atoms with van der Waals surface area (Å²) in [5.74, 6) is -0.0563. The molecule has 2 N–H and O–H groups in total. The maximum absolute atomic E-state index is 12.9. The molecule has 1 atom stereocenters. The van der Waals surface area contributed by atoms with E-state index in [4.69, 9.17) is 4.74 Å². The zero-order chi connectivity index (χ0) is 24.0. The Balaban J connectivity index is 1.23. The van der Waals surface area contributed by atoms with Crippen LogP contribution in [0.3, 0.4) is 0 Å². The molecule has 1 aromatic carbocycles. The van der Waals surface area contributed by atoms with E-state index in [1.54, 1.807) is 17.0 Å². The third-order valence-electron chi connectivity index (χ3n) is 6.93. The van der Waals surface area contributed by atoms with Crippen LogP contribution in [-0.2, 0) is 19.6 Å². The maximum atomic E-state index is 12.9. The largest absolute Gasteiger partial charge is 0.377 e. The number of sulfonamides is 1. The van der Waals surface area contributed by atoms with Gasteiger partial charge in [-0.25, -0.2) is 13.1 Å². The average Bonchev–Trinajstić information content (AvgIpc) is 3.37. The van der Waals surface area contributed by atoms with Gasteiger partial charge in [0, 0.05) is 50.9 Å². The van der Waals surface area contributed by atoms with Crippen molar-refractivity contribution in [3.8, 4) is 0 Å². The lowest BCUT2D eigenvalue weighted by Crippen LogP contribution is -2.52. The van der Waals surface area contributed by atoms with E-state index in [0.29, 0.717) is 50.9 Å². The Morgan fingerprint density at radius 3 is 2.29 bits per heavy atom. The van der Waals surface area contributed by atoms with Crippen LogP contribution in [0.5, 0.6) is 0 Å². The normalized spacial score (nSPS) is 22.6. The highest BCUT2D eigenvalue weighted by molar-refractivity contribution is 7.89. The van der Waals surface area contributed by atoms with Crippen molar-refractivity contribution in [2.45, 2.75) is 62.0 Å². The highest BCUT2D eigenvalue weighted by atomic mass is 32.2. The smallest absolute Gasteiger partial charge is 0.253 e. The lowest BCUT2D eigenvalue weighted by atomic mass is 9.95. The Morgan fingerprint density at radius 2 is 1.65 bits per heavy atom. The lowest BCUT2D eigenvalue weighted by molar-refractivity contribution is -0.123. The average molecular weight is 493 g/mol. The van der Waals surface area contributed by atoms with Gasteiger partial charge in [-0.2, -0.15) is 0 Å². The molecule has 3 aliphatic rings. The number of carbonyl (C=O) groups is 2. The summed E-state index contributed by atoms with van der Waals surface area (Å²) in [5, 5.41) is 3.15. The van der Waals surface area contributed by atoms with Crippen molar-refractivity contribution in [3.63, 3.8) is 0 Å². The fraction of sp³-hybridized carbons (Fsp3) is 0.667. The molecule has 4 rings (SSSR count). The number of rotatable bonds is 8. The molecule has 34 heavy (non-hydrogen) atoms. The first-order chi connectivity index (χ1) is 16.4. The van der Waals surface area contributed by atoms with Gasteiger partial charge in [0.2, 0.25) is 15.9 Å². The number of piperazine rings is 1. The second-order valence-electron chi connectivity index (χ2n) is 9.48. The molecule has 0 aromatic heterocycles. The summed E-state index contributed by atoms with van der Waals surface area (Å²) < 4.78 is 33.1. The van der Waals surface area contributed by atoms with Gasteiger partial charge in [-0.05, 0) is 49.9 Å². The molecule has 3 fully saturated rings. The summed E-state index contributed by atoms with van der Waals surface area (Å²) in [6, 6.07) is 6.37. The van der Waals surface area contributed by atoms with Crippen molar-refractivity contribution >= 4 is 21.8 Å². The number of nitrogens with zero attached hydrogens (tertiary/aromatic N) is 2. The topological polar surface area (TPSA) is 108 Å². The minimum atomic E-state index is -3.64. The number of hydrogen-bond donors (Lipinski definition) is 2. The Labute approximate surface area is 202 Å². The molecule has 9 nitrogen and oxygen atoms in total. The molecule has 0 spiro atoms. The second kappa shape index (κ2) is 11.6. The zero-order valence-corrected chi connectivity index (χ0v) is 20.5. The van der Waals surface area contributed by atoms with Crippen LogP contribution >= 0.6 is 0 Å². The summed E-state index contributed by atoms with van der Waals surface area (Å²) in [6.07, 6.45) is 7.49. The van der Waals surface area contributed by atoms with Gasteiger partial charge in [0.15, 0.2) is 0 Å². The van der Waals surface area contributed by atoms with Gasteiger partial charge < -0.3 is 15.0 Å². The predicted octanol–water partition coefficient (Wildman–Crippen LogP) is 1.35. The van der Waals surface area contributed by atoms with E-state index in [9.17, 15) is 18.0 Å². The molecule has 2 aliphatic heterocycles. The van der Waals surface area contributed by atoms with Gasteiger partial charge in [-0.1, -0.05) is 19.3 Å². The Kier molecular flexibility index (Phi) is 8.57. The van der Waals surface area contributed by atoms with E-state index in [2.05, 4.69) is 14.9 Å². The van der Waals surface area contributed by atoms with Crippen molar-refractivity contribution < 1.29 is 22.7 Å². The quantitative estimate of drug-likeness (QED) is 0.567. The molecule has 0 bridgehead atoms. The Hall–Kier alpha value is -2.01. The summed E-state index contributed by atoms with van der Waals surface area (Å²) in [5.41, 5.74) is 0.460. The van der Waals surface area contributed by atoms with Gasteiger partial charge in [-0.3, -0.25) is 14.5 Å². The number of nitrogens with one attached hydrogen (secondary N) is 2. The van der Waals surface area contributed by atoms with Crippen molar-refractivity contribution in [2.24, 2.45) is 0 Å². The fourth-order valence-electron chi connectivity index (χ4n) is 4.88. The molecule has 1 saturated carbocycles. The number of amides is 2. The summed E-state index contributed by atoms with van der Waals surface area (Å²) >= 11 is 0. The molecular formula is C24H36N4O5S. The standard InChI is InChI=1S/C24H36N4O5S/c29-23(26-20-5-2-1-3-6-20)18-27-12-14-28(15-13-27)24(30)19-8-10-22(11-9-19)34(31,32)25-17-21-7-4-16-33-21/h8-11,20-21,25H,1-7,12-18H2,(H,26,29). The van der Waals surface area contributed by atoms with E-state index in [1.807, 2.05) is 0 Å². The van der Waals surface area contributed by atoms with Gasteiger partial charge in [-0.15, -0.1) is 0 Å². The molecular weight excluding hydrogens is 456 g/mol. The van der Waals surface area contributed by atoms with Gasteiger partial charge in [0.05, 0.1) is 17.5 Å². The van der Waals surface area contributed by atoms with Crippen LogP contribution in [0.4, 0.5) is 0 Å². The first-order valence-corrected chi connectivity index (χ1v) is 13.9. The van der Waals surface area contributed by atoms with Gasteiger partial charge in [0.1, 0.15) is 0 Å². The molecule has 188 valence electrons. The van der Waals surface area contributed by atoms with E-state index in [1.165, 1.54) is 31.4 Å². The fourth-order valence-corrected chi connectivity index (χ4v) is 5.95. The number of ether oxygens (including phenoxy) is 1. The third-order valence-corrected chi connectivity index (χ3v) is 8.37. The molecule has 10 heteroatoms. The van der Waals surface area contributed by atoms with E-state index in [0.717, 1.165) is 25.7 Å². The van der Waals surface area contributed by atoms with E-state index >= 15 is 0 Å².